The number of aromatic nitrogens is 2. The largest absolute Gasteiger partial charge is 0.371 e. The average Bonchev–Trinajstić information content (AvgIpc) is 3.86. The number of hydrogen-bond acceptors (Lipinski definition) is 9. The number of ether oxygens (including phenoxy) is 2. The van der Waals surface area contributed by atoms with Crippen molar-refractivity contribution in [2.75, 3.05) is 49.7 Å². The van der Waals surface area contributed by atoms with E-state index in [-0.39, 0.29) is 29.7 Å². The zero-order valence-electron chi connectivity index (χ0n) is 29.9. The Morgan fingerprint density at radius 2 is 1.50 bits per heavy atom. The van der Waals surface area contributed by atoms with Gasteiger partial charge >= 0.3 is 0 Å². The normalized spacial score (nSPS) is 19.8. The van der Waals surface area contributed by atoms with Crippen molar-refractivity contribution in [3.05, 3.63) is 149 Å². The molecule has 0 bridgehead atoms. The Balaban J connectivity index is 0.000000172. The van der Waals surface area contributed by atoms with Crippen molar-refractivity contribution in [2.45, 2.75) is 18.2 Å². The number of rotatable bonds is 8. The molecule has 2 amide bonds. The van der Waals surface area contributed by atoms with Crippen molar-refractivity contribution in [3.8, 4) is 5.69 Å². The topological polar surface area (TPSA) is 139 Å². The summed E-state index contributed by atoms with van der Waals surface area (Å²) in [4.78, 5) is 24.8. The fourth-order valence-corrected chi connectivity index (χ4v) is 7.11. The van der Waals surface area contributed by atoms with Crippen LogP contribution in [0.1, 0.15) is 39.3 Å². The molecule has 0 radical (unpaired) electrons. The molecule has 0 spiro atoms. The minimum absolute atomic E-state index is 0.0510. The predicted octanol–water partition coefficient (Wildman–Crippen LogP) is 6.15. The van der Waals surface area contributed by atoms with E-state index in [1.807, 2.05) is 30.3 Å². The summed E-state index contributed by atoms with van der Waals surface area (Å²) in [6, 6.07) is 24.0. The summed E-state index contributed by atoms with van der Waals surface area (Å²) in [6.07, 6.45) is 4.59. The van der Waals surface area contributed by atoms with Gasteiger partial charge in [0.15, 0.2) is 6.04 Å². The second-order valence-electron chi connectivity index (χ2n) is 13.1. The lowest BCUT2D eigenvalue weighted by Gasteiger charge is -2.28. The van der Waals surface area contributed by atoms with Crippen LogP contribution in [0.25, 0.3) is 11.3 Å². The lowest BCUT2D eigenvalue weighted by molar-refractivity contribution is -0.119. The van der Waals surface area contributed by atoms with Crippen LogP contribution in [0, 0.1) is 11.6 Å². The average molecular weight is 804 g/mol. The smallest absolute Gasteiger partial charge is 0.258 e. The molecule has 3 aliphatic rings. The molecule has 56 heavy (non-hydrogen) atoms. The van der Waals surface area contributed by atoms with Crippen molar-refractivity contribution in [3.63, 3.8) is 0 Å². The molecular weight excluding hydrogens is 765 g/mol. The number of hydrogen-bond donors (Lipinski definition) is 4. The Morgan fingerprint density at radius 3 is 2.12 bits per heavy atom. The molecule has 16 heteroatoms. The number of nitrogens with two attached hydrogens (primary N) is 1. The number of amides is 2. The van der Waals surface area contributed by atoms with Gasteiger partial charge in [0.05, 0.1) is 59.3 Å². The van der Waals surface area contributed by atoms with Crippen LogP contribution < -0.4 is 26.7 Å². The van der Waals surface area contributed by atoms with Gasteiger partial charge in [-0.3, -0.25) is 14.6 Å². The number of carbonyl (C=O) groups is 2. The molecule has 3 aliphatic heterocycles. The van der Waals surface area contributed by atoms with Gasteiger partial charge in [-0.1, -0.05) is 41.9 Å². The molecule has 0 saturated carbocycles. The van der Waals surface area contributed by atoms with Crippen LogP contribution in [0.2, 0.25) is 5.02 Å². The van der Waals surface area contributed by atoms with Crippen molar-refractivity contribution in [1.82, 2.24) is 24.9 Å². The van der Waals surface area contributed by atoms with Crippen LogP contribution in [0.5, 0.6) is 0 Å². The number of benzene rings is 4. The van der Waals surface area contributed by atoms with Crippen LogP contribution in [-0.4, -0.2) is 71.6 Å². The first-order valence-corrected chi connectivity index (χ1v) is 18.5. The first-order chi connectivity index (χ1) is 27.2. The minimum atomic E-state index is -0.871. The molecule has 2 fully saturated rings. The SMILES string of the molecule is NC(=O)C1C(c2ccccc2C2CNCCO2)=CN(c2ccc(F)cc2)N1Cl.O=C(Nc1ccc([C@H]2CNCCO2)cc1Cl)c1cnn(-c2ccc(F)cc2)c1. The highest BCUT2D eigenvalue weighted by Crippen LogP contribution is 2.39. The van der Waals surface area contributed by atoms with Crippen molar-refractivity contribution >= 4 is 52.1 Å². The van der Waals surface area contributed by atoms with E-state index in [2.05, 4.69) is 21.0 Å². The van der Waals surface area contributed by atoms with Gasteiger partial charge in [0, 0.05) is 55.9 Å². The predicted molar refractivity (Wildman–Crippen MR) is 210 cm³/mol. The summed E-state index contributed by atoms with van der Waals surface area (Å²) in [5, 5.41) is 15.6. The van der Waals surface area contributed by atoms with Gasteiger partial charge < -0.3 is 31.2 Å². The van der Waals surface area contributed by atoms with Gasteiger partial charge in [0.1, 0.15) is 11.6 Å². The lowest BCUT2D eigenvalue weighted by atomic mass is 9.92. The van der Waals surface area contributed by atoms with Gasteiger partial charge in [-0.25, -0.2) is 13.5 Å². The molecule has 8 rings (SSSR count). The molecule has 2 unspecified atom stereocenters. The highest BCUT2D eigenvalue weighted by atomic mass is 35.5. The molecule has 4 aromatic carbocycles. The maximum Gasteiger partial charge on any atom is 0.258 e. The number of nitrogens with one attached hydrogen (secondary N) is 3. The zero-order valence-corrected chi connectivity index (χ0v) is 31.4. The molecule has 2 saturated heterocycles. The number of nitrogens with zero attached hydrogens (tertiary/aromatic N) is 4. The quantitative estimate of drug-likeness (QED) is 0.136. The first-order valence-electron chi connectivity index (χ1n) is 17.8. The second kappa shape index (κ2) is 17.7. The fraction of sp³-hybridized carbons (Fsp3) is 0.225. The van der Waals surface area contributed by atoms with Gasteiger partial charge in [0.25, 0.3) is 5.91 Å². The Kier molecular flexibility index (Phi) is 12.4. The van der Waals surface area contributed by atoms with Crippen molar-refractivity contribution in [2.24, 2.45) is 5.73 Å². The molecule has 5 N–H and O–H groups in total. The van der Waals surface area contributed by atoms with Crippen LogP contribution in [0.4, 0.5) is 20.2 Å². The molecule has 4 heterocycles. The van der Waals surface area contributed by atoms with E-state index in [0.29, 0.717) is 53.0 Å². The van der Waals surface area contributed by atoms with E-state index in [1.54, 1.807) is 53.8 Å². The third-order valence-corrected chi connectivity index (χ3v) is 10.0. The minimum Gasteiger partial charge on any atom is -0.371 e. The Bertz CT molecular complexity index is 2190. The fourth-order valence-electron chi connectivity index (χ4n) is 6.54. The molecule has 1 aromatic heterocycles. The van der Waals surface area contributed by atoms with E-state index in [9.17, 15) is 18.4 Å². The summed E-state index contributed by atoms with van der Waals surface area (Å²) >= 11 is 12.8. The maximum absolute atomic E-state index is 13.3. The van der Waals surface area contributed by atoms with E-state index in [0.717, 1.165) is 36.3 Å². The number of anilines is 2. The van der Waals surface area contributed by atoms with Gasteiger partial charge in [-0.2, -0.15) is 5.10 Å². The highest BCUT2D eigenvalue weighted by molar-refractivity contribution is 6.34. The number of halogens is 4. The number of primary amides is 1. The molecule has 290 valence electrons. The Morgan fingerprint density at radius 1 is 0.857 bits per heavy atom. The Labute approximate surface area is 331 Å². The van der Waals surface area contributed by atoms with Crippen LogP contribution in [0.3, 0.4) is 0 Å². The molecule has 12 nitrogen and oxygen atoms in total. The van der Waals surface area contributed by atoms with E-state index in [1.165, 1.54) is 39.7 Å². The summed E-state index contributed by atoms with van der Waals surface area (Å²) in [7, 11) is 0. The van der Waals surface area contributed by atoms with Crippen LogP contribution >= 0.6 is 23.4 Å². The van der Waals surface area contributed by atoms with Gasteiger partial charge in [-0.05, 0) is 77.4 Å². The van der Waals surface area contributed by atoms with Gasteiger partial charge in [-0.15, -0.1) is 4.53 Å². The number of hydrazine groups is 1. The monoisotopic (exact) mass is 802 g/mol. The van der Waals surface area contributed by atoms with Crippen LogP contribution in [0.15, 0.2) is 110 Å². The summed E-state index contributed by atoms with van der Waals surface area (Å²) in [6.45, 7) is 4.31. The van der Waals surface area contributed by atoms with Crippen molar-refractivity contribution in [1.29, 1.82) is 0 Å². The zero-order chi connectivity index (χ0) is 39.2. The molecule has 0 aliphatic carbocycles. The lowest BCUT2D eigenvalue weighted by Crippen LogP contribution is -2.42. The van der Waals surface area contributed by atoms with E-state index >= 15 is 0 Å². The summed E-state index contributed by atoms with van der Waals surface area (Å²) < 4.78 is 40.7. The van der Waals surface area contributed by atoms with E-state index in [4.69, 9.17) is 38.6 Å². The molecular formula is C40H38Cl2F2N8O4. The standard InChI is InChI=1S/C20H18ClFN4O2.C20H20ClFN4O2/c21-17-9-13(19-11-23-7-8-28-19)1-6-18(17)25-20(27)14-10-24-26(12-14)16-4-2-15(22)3-5-16;21-26-19(20(23)27)17(12-25(26)14-7-5-13(22)6-8-14)15-3-1-2-4-16(15)18-11-24-9-10-28-18/h1-6,9-10,12,19,23H,7-8,11H2,(H,25,27);1-8,12,18-19,24H,9-11H2,(H2,23,27)/t19-;/m1./s1. The Hall–Kier alpha value is -5.19. The maximum atomic E-state index is 13.3. The molecule has 3 atom stereocenters. The van der Waals surface area contributed by atoms with E-state index < -0.39 is 11.9 Å². The number of carbonyl (C=O) groups excluding carboxylic acids is 2. The summed E-state index contributed by atoms with van der Waals surface area (Å²) in [5.41, 5.74) is 11.2. The second-order valence-corrected chi connectivity index (χ2v) is 13.8. The number of morpholine rings is 2. The first kappa shape index (κ1) is 39.1. The van der Waals surface area contributed by atoms with Crippen LogP contribution in [-0.2, 0) is 14.3 Å². The van der Waals surface area contributed by atoms with Gasteiger partial charge in [0.2, 0.25) is 5.91 Å². The van der Waals surface area contributed by atoms with Crippen molar-refractivity contribution < 1.29 is 27.8 Å². The third kappa shape index (κ3) is 8.92. The third-order valence-electron chi connectivity index (χ3n) is 9.36. The highest BCUT2D eigenvalue weighted by Gasteiger charge is 2.39. The summed E-state index contributed by atoms with van der Waals surface area (Å²) in [5.74, 6) is -1.60. The molecule has 5 aromatic rings.